The molecule has 0 aliphatic heterocycles. The zero-order valence-electron chi connectivity index (χ0n) is 34.8. The van der Waals surface area contributed by atoms with Gasteiger partial charge in [0, 0.05) is 0 Å². The summed E-state index contributed by atoms with van der Waals surface area (Å²) in [7, 11) is 0. The summed E-state index contributed by atoms with van der Waals surface area (Å²) in [5.41, 5.74) is 12.2. The molecule has 0 aliphatic carbocycles. The highest BCUT2D eigenvalue weighted by molar-refractivity contribution is 5.65. The summed E-state index contributed by atoms with van der Waals surface area (Å²) in [6.07, 6.45) is 14.7. The largest absolute Gasteiger partial charge is 0.124 e. The first-order chi connectivity index (χ1) is 22.6. The molecule has 47 heavy (non-hydrogen) atoms. The van der Waals surface area contributed by atoms with Gasteiger partial charge in [-0.15, -0.1) is 12.8 Å². The van der Waals surface area contributed by atoms with E-state index in [-0.39, 0.29) is 0 Å². The molecule has 0 saturated carbocycles. The molecule has 0 aliphatic rings. The minimum atomic E-state index is 0.766. The van der Waals surface area contributed by atoms with Gasteiger partial charge in [-0.2, -0.15) is 0 Å². The third-order valence-corrected chi connectivity index (χ3v) is 6.31. The number of hydrogen-bond donors (Lipinski definition) is 0. The Morgan fingerprint density at radius 2 is 1.21 bits per heavy atom. The Hall–Kier alpha value is -3.30. The van der Waals surface area contributed by atoms with Gasteiger partial charge in [0.25, 0.3) is 0 Å². The molecule has 0 radical (unpaired) electrons. The molecule has 0 heterocycles. The van der Waals surface area contributed by atoms with Crippen LogP contribution in [0.1, 0.15) is 155 Å². The Morgan fingerprint density at radius 1 is 0.723 bits per heavy atom. The van der Waals surface area contributed by atoms with Crippen molar-refractivity contribution in [3.05, 3.63) is 118 Å². The van der Waals surface area contributed by atoms with Gasteiger partial charge in [0.2, 0.25) is 0 Å². The van der Waals surface area contributed by atoms with Gasteiger partial charge >= 0.3 is 0 Å². The molecule has 268 valence electrons. The highest BCUT2D eigenvalue weighted by Crippen LogP contribution is 2.20. The van der Waals surface area contributed by atoms with Crippen molar-refractivity contribution in [1.82, 2.24) is 0 Å². The maximum absolute atomic E-state index is 4.00. The van der Waals surface area contributed by atoms with E-state index in [9.17, 15) is 0 Å². The van der Waals surface area contributed by atoms with Crippen LogP contribution in [0.3, 0.4) is 0 Å². The molecule has 0 nitrogen and oxygen atoms in total. The molecule has 0 bridgehead atoms. The van der Waals surface area contributed by atoms with E-state index in [2.05, 4.69) is 135 Å². The Kier molecular flexibility index (Phi) is 50.9. The molecule has 0 amide bonds. The Balaban J connectivity index is -0.000000116. The van der Waals surface area contributed by atoms with Crippen molar-refractivity contribution >= 4 is 11.6 Å². The van der Waals surface area contributed by atoms with Crippen molar-refractivity contribution in [1.29, 1.82) is 0 Å². The Bertz CT molecular complexity index is 1090. The fourth-order valence-corrected chi connectivity index (χ4v) is 4.18. The smallest absolute Gasteiger partial charge is 0.0230 e. The predicted octanol–water partition coefficient (Wildman–Crippen LogP) is 15.8. The monoisotopic (exact) mass is 645 g/mol. The summed E-state index contributed by atoms with van der Waals surface area (Å²) in [5, 5.41) is 0. The third-order valence-electron chi connectivity index (χ3n) is 6.31. The van der Waals surface area contributed by atoms with E-state index in [1.807, 2.05) is 82.2 Å². The normalized spacial score (nSPS) is 8.19. The Morgan fingerprint density at radius 3 is 1.57 bits per heavy atom. The minimum absolute atomic E-state index is 0.766. The summed E-state index contributed by atoms with van der Waals surface area (Å²) >= 11 is 0. The maximum atomic E-state index is 4.00. The highest BCUT2D eigenvalue weighted by atomic mass is 14.1. The van der Waals surface area contributed by atoms with Gasteiger partial charge in [-0.05, 0) is 97.4 Å². The molecule has 0 spiro atoms. The fourth-order valence-electron chi connectivity index (χ4n) is 4.18. The SMILES string of the molecule is C#C.C=Cc1ccc(C(=C)C)cc1C.CC.CC.CC.CC.CC.CC(C)Cc1ccccc1.CCCc1ccc(C)c(C)c1CC. The second kappa shape index (κ2) is 42.7. The first kappa shape index (κ1) is 56.1. The average Bonchev–Trinajstić information content (AvgIpc) is 3.12. The second-order valence-electron chi connectivity index (χ2n) is 9.89. The van der Waals surface area contributed by atoms with E-state index < -0.39 is 0 Å². The van der Waals surface area contributed by atoms with E-state index in [1.54, 1.807) is 11.1 Å². The molecule has 0 fully saturated rings. The van der Waals surface area contributed by atoms with Gasteiger partial charge < -0.3 is 0 Å². The number of allylic oxidation sites excluding steroid dienone is 1. The standard InChI is InChI=1S/C13H20.C12H14.C10H14.5C2H6.C2H2/c1-5-7-12-9-8-10(3)11(4)13(12)6-2;1-5-11-6-7-12(9(2)3)8-10(11)4;1-9(2)8-10-6-4-3-5-7-10;6*1-2/h8-9H,5-7H2,1-4H3;5-8H,1-2H2,3-4H3;3-7,9H,8H2,1-2H3;5*1-2H3;1-2H. The molecule has 0 N–H and O–H groups in total. The van der Waals surface area contributed by atoms with Crippen LogP contribution in [0.5, 0.6) is 0 Å². The lowest BCUT2D eigenvalue weighted by Crippen LogP contribution is -1.97. The first-order valence-electron chi connectivity index (χ1n) is 18.5. The van der Waals surface area contributed by atoms with Crippen LogP contribution >= 0.6 is 0 Å². The van der Waals surface area contributed by atoms with Gasteiger partial charge in [0.15, 0.2) is 0 Å². The van der Waals surface area contributed by atoms with Crippen LogP contribution in [-0.2, 0) is 19.3 Å². The van der Waals surface area contributed by atoms with Crippen LogP contribution in [0, 0.1) is 39.5 Å². The van der Waals surface area contributed by atoms with Crippen LogP contribution in [-0.4, -0.2) is 0 Å². The summed E-state index contributed by atoms with van der Waals surface area (Å²) < 4.78 is 0. The summed E-state index contributed by atoms with van der Waals surface area (Å²) in [6.45, 7) is 45.2. The van der Waals surface area contributed by atoms with Crippen LogP contribution in [0.4, 0.5) is 0 Å². The van der Waals surface area contributed by atoms with Crippen molar-refractivity contribution in [2.45, 2.75) is 150 Å². The minimum Gasteiger partial charge on any atom is -0.124 e. The summed E-state index contributed by atoms with van der Waals surface area (Å²) in [5.74, 6) is 0.766. The lowest BCUT2D eigenvalue weighted by atomic mass is 9.93. The quantitative estimate of drug-likeness (QED) is 0.225. The van der Waals surface area contributed by atoms with Gasteiger partial charge in [-0.25, -0.2) is 0 Å². The summed E-state index contributed by atoms with van der Waals surface area (Å²) in [6, 6.07) is 21.4. The molecule has 3 rings (SSSR count). The van der Waals surface area contributed by atoms with E-state index in [4.69, 9.17) is 0 Å². The van der Waals surface area contributed by atoms with Crippen molar-refractivity contribution in [3.8, 4) is 12.8 Å². The maximum Gasteiger partial charge on any atom is -0.0230 e. The molecule has 0 saturated heterocycles. The van der Waals surface area contributed by atoms with E-state index in [0.717, 1.165) is 11.5 Å². The van der Waals surface area contributed by atoms with Crippen LogP contribution in [0.15, 0.2) is 73.8 Å². The number of rotatable bonds is 7. The van der Waals surface area contributed by atoms with Gasteiger partial charge in [0.05, 0.1) is 0 Å². The van der Waals surface area contributed by atoms with Crippen LogP contribution in [0.2, 0.25) is 0 Å². The molecule has 3 aromatic carbocycles. The van der Waals surface area contributed by atoms with Crippen molar-refractivity contribution in [2.75, 3.05) is 0 Å². The van der Waals surface area contributed by atoms with E-state index in [1.165, 1.54) is 59.1 Å². The molecule has 0 unspecified atom stereocenters. The number of benzene rings is 3. The summed E-state index contributed by atoms with van der Waals surface area (Å²) in [4.78, 5) is 0. The zero-order valence-corrected chi connectivity index (χ0v) is 34.8. The average molecular weight is 645 g/mol. The third kappa shape index (κ3) is 28.6. The van der Waals surface area contributed by atoms with E-state index >= 15 is 0 Å². The number of hydrogen-bond acceptors (Lipinski definition) is 0. The predicted molar refractivity (Wildman–Crippen MR) is 227 cm³/mol. The molecule has 3 aromatic rings. The molecule has 0 aromatic heterocycles. The second-order valence-corrected chi connectivity index (χ2v) is 9.89. The Labute approximate surface area is 298 Å². The van der Waals surface area contributed by atoms with Crippen molar-refractivity contribution in [2.24, 2.45) is 5.92 Å². The topological polar surface area (TPSA) is 0 Å². The number of aryl methyl sites for hydroxylation is 3. The lowest BCUT2D eigenvalue weighted by Gasteiger charge is -2.12. The van der Waals surface area contributed by atoms with Gasteiger partial charge in [-0.1, -0.05) is 189 Å². The van der Waals surface area contributed by atoms with Crippen LogP contribution in [0.25, 0.3) is 11.6 Å². The van der Waals surface area contributed by atoms with Gasteiger partial charge in [-0.3, -0.25) is 0 Å². The van der Waals surface area contributed by atoms with Crippen molar-refractivity contribution in [3.63, 3.8) is 0 Å². The van der Waals surface area contributed by atoms with Gasteiger partial charge in [0.1, 0.15) is 0 Å². The highest BCUT2D eigenvalue weighted by Gasteiger charge is 2.04. The number of terminal acetylenes is 1. The lowest BCUT2D eigenvalue weighted by molar-refractivity contribution is 0.647. The fraction of sp³-hybridized carbons (Fsp3) is 0.489. The van der Waals surface area contributed by atoms with Crippen molar-refractivity contribution < 1.29 is 0 Å². The molecule has 0 heteroatoms. The molecular formula is C47H80. The molecular weight excluding hydrogens is 565 g/mol. The zero-order chi connectivity index (χ0) is 38.4. The van der Waals surface area contributed by atoms with E-state index in [0.29, 0.717) is 0 Å². The first-order valence-corrected chi connectivity index (χ1v) is 18.5. The molecule has 0 atom stereocenters. The van der Waals surface area contributed by atoms with Crippen LogP contribution < -0.4 is 0 Å².